The molecule has 33 heavy (non-hydrogen) atoms. The molecule has 2 aromatic rings. The Morgan fingerprint density at radius 3 is 2.24 bits per heavy atom. The summed E-state index contributed by atoms with van der Waals surface area (Å²) >= 11 is 8.64. The van der Waals surface area contributed by atoms with Crippen LogP contribution < -0.4 is 15.4 Å². The van der Waals surface area contributed by atoms with E-state index in [1.165, 1.54) is 16.4 Å². The van der Waals surface area contributed by atoms with Gasteiger partial charge >= 0.3 is 0 Å². The van der Waals surface area contributed by atoms with Crippen LogP contribution in [0.1, 0.15) is 50.9 Å². The molecule has 0 aliphatic rings. The molecule has 0 spiro atoms. The van der Waals surface area contributed by atoms with Crippen LogP contribution in [0.25, 0.3) is 0 Å². The summed E-state index contributed by atoms with van der Waals surface area (Å²) < 4.78 is 33.7. The Morgan fingerprint density at radius 1 is 1.09 bits per heavy atom. The van der Waals surface area contributed by atoms with E-state index in [0.717, 1.165) is 17.3 Å². The van der Waals surface area contributed by atoms with Crippen molar-refractivity contribution in [3.05, 3.63) is 52.5 Å². The molecular weight excluding hydrogens is 526 g/mol. The number of ether oxygens (including phenoxy) is 1. The van der Waals surface area contributed by atoms with Crippen LogP contribution in [0.15, 0.2) is 51.8 Å². The fourth-order valence-electron chi connectivity index (χ4n) is 3.08. The molecule has 10 heteroatoms. The van der Waals surface area contributed by atoms with Gasteiger partial charge in [0.05, 0.1) is 16.6 Å². The van der Waals surface area contributed by atoms with Crippen molar-refractivity contribution in [2.75, 3.05) is 18.4 Å². The van der Waals surface area contributed by atoms with Gasteiger partial charge in [-0.25, -0.2) is 8.42 Å². The molecule has 0 fully saturated rings. The van der Waals surface area contributed by atoms with E-state index < -0.39 is 15.9 Å². The molecule has 0 bridgehead atoms. The second kappa shape index (κ2) is 12.5. The number of thiocarbonyl (C=S) groups is 1. The van der Waals surface area contributed by atoms with Gasteiger partial charge in [-0.15, -0.1) is 0 Å². The summed E-state index contributed by atoms with van der Waals surface area (Å²) in [5, 5.41) is 5.64. The SMILES string of the molecule is CCCN(CCC)S(=O)(=O)c1ccc(NC(=S)NC(=O)c2cc(Br)ccc2OC(C)C)cc1. The molecule has 0 aliphatic carbocycles. The van der Waals surface area contributed by atoms with Gasteiger partial charge in [0.1, 0.15) is 5.75 Å². The van der Waals surface area contributed by atoms with Gasteiger partial charge < -0.3 is 10.1 Å². The van der Waals surface area contributed by atoms with Crippen molar-refractivity contribution >= 4 is 54.9 Å². The predicted molar refractivity (Wildman–Crippen MR) is 139 cm³/mol. The van der Waals surface area contributed by atoms with Gasteiger partial charge in [0, 0.05) is 23.2 Å². The quantitative estimate of drug-likeness (QED) is 0.393. The molecule has 180 valence electrons. The van der Waals surface area contributed by atoms with E-state index in [2.05, 4.69) is 26.6 Å². The molecule has 0 aliphatic heterocycles. The first-order chi connectivity index (χ1) is 15.6. The monoisotopic (exact) mass is 555 g/mol. The number of carbonyl (C=O) groups excluding carboxylic acids is 1. The molecule has 0 saturated carbocycles. The third kappa shape index (κ3) is 7.77. The fourth-order valence-corrected chi connectivity index (χ4v) is 5.28. The molecule has 0 unspecified atom stereocenters. The van der Waals surface area contributed by atoms with Crippen molar-refractivity contribution in [1.82, 2.24) is 9.62 Å². The Morgan fingerprint density at radius 2 is 1.70 bits per heavy atom. The third-order valence-electron chi connectivity index (χ3n) is 4.47. The van der Waals surface area contributed by atoms with Gasteiger partial charge in [-0.2, -0.15) is 4.31 Å². The van der Waals surface area contributed by atoms with Crippen LogP contribution in [-0.2, 0) is 10.0 Å². The maximum absolute atomic E-state index is 12.9. The fraction of sp³-hybridized carbons (Fsp3) is 0.391. The first-order valence-corrected chi connectivity index (χ1v) is 13.4. The number of amides is 1. The molecule has 0 atom stereocenters. The lowest BCUT2D eigenvalue weighted by molar-refractivity contribution is 0.0972. The highest BCUT2D eigenvalue weighted by atomic mass is 79.9. The van der Waals surface area contributed by atoms with Gasteiger partial charge in [-0.3, -0.25) is 10.1 Å². The van der Waals surface area contributed by atoms with E-state index in [4.69, 9.17) is 17.0 Å². The summed E-state index contributed by atoms with van der Waals surface area (Å²) in [5.41, 5.74) is 0.903. The highest BCUT2D eigenvalue weighted by Crippen LogP contribution is 2.24. The number of hydrogen-bond acceptors (Lipinski definition) is 5. The molecule has 2 N–H and O–H groups in total. The van der Waals surface area contributed by atoms with Crippen molar-refractivity contribution in [3.63, 3.8) is 0 Å². The zero-order valence-corrected chi connectivity index (χ0v) is 22.4. The zero-order chi connectivity index (χ0) is 24.6. The average Bonchev–Trinajstić information content (AvgIpc) is 2.74. The predicted octanol–water partition coefficient (Wildman–Crippen LogP) is 5.17. The van der Waals surface area contributed by atoms with Crippen LogP contribution in [0, 0.1) is 0 Å². The van der Waals surface area contributed by atoms with Crippen LogP contribution in [0.2, 0.25) is 0 Å². The molecule has 0 radical (unpaired) electrons. The lowest BCUT2D eigenvalue weighted by Crippen LogP contribution is -2.34. The maximum atomic E-state index is 12.9. The van der Waals surface area contributed by atoms with Crippen LogP contribution >= 0.6 is 28.1 Å². The summed E-state index contributed by atoms with van der Waals surface area (Å²) in [6.45, 7) is 8.61. The Labute approximate surface area is 210 Å². The van der Waals surface area contributed by atoms with E-state index >= 15 is 0 Å². The second-order valence-electron chi connectivity index (χ2n) is 7.64. The Kier molecular flexibility index (Phi) is 10.3. The van der Waals surface area contributed by atoms with Crippen LogP contribution in [0.4, 0.5) is 5.69 Å². The normalized spacial score (nSPS) is 11.5. The Bertz CT molecular complexity index is 1070. The summed E-state index contributed by atoms with van der Waals surface area (Å²) in [7, 11) is -3.56. The summed E-state index contributed by atoms with van der Waals surface area (Å²) in [6.07, 6.45) is 1.40. The first-order valence-electron chi connectivity index (χ1n) is 10.8. The number of carbonyl (C=O) groups is 1. The summed E-state index contributed by atoms with van der Waals surface area (Å²) in [5.74, 6) is 0.0326. The Hall–Kier alpha value is -2.01. The van der Waals surface area contributed by atoms with Gasteiger partial charge in [0.2, 0.25) is 10.0 Å². The number of hydrogen-bond donors (Lipinski definition) is 2. The molecule has 0 saturated heterocycles. The molecular formula is C23H30BrN3O4S2. The lowest BCUT2D eigenvalue weighted by Gasteiger charge is -2.21. The third-order valence-corrected chi connectivity index (χ3v) is 7.08. The number of nitrogens with zero attached hydrogens (tertiary/aromatic N) is 1. The zero-order valence-electron chi connectivity index (χ0n) is 19.2. The van der Waals surface area contributed by atoms with Gasteiger partial charge in [0.25, 0.3) is 5.91 Å². The average molecular weight is 557 g/mol. The topological polar surface area (TPSA) is 87.7 Å². The Balaban J connectivity index is 2.10. The largest absolute Gasteiger partial charge is 0.490 e. The minimum absolute atomic E-state index is 0.0877. The molecule has 0 aromatic heterocycles. The highest BCUT2D eigenvalue weighted by molar-refractivity contribution is 9.10. The summed E-state index contributed by atoms with van der Waals surface area (Å²) in [6, 6.07) is 11.5. The number of nitrogens with one attached hydrogen (secondary N) is 2. The molecule has 1 amide bonds. The van der Waals surface area contributed by atoms with Crippen molar-refractivity contribution in [1.29, 1.82) is 0 Å². The standard InChI is InChI=1S/C23H30BrN3O4S2/c1-5-13-27(14-6-2)33(29,30)19-10-8-18(9-11-19)25-23(32)26-22(28)20-15-17(24)7-12-21(20)31-16(3)4/h7-12,15-16H,5-6,13-14H2,1-4H3,(H2,25,26,28,32). The number of sulfonamides is 1. The first kappa shape index (κ1) is 27.2. The summed E-state index contributed by atoms with van der Waals surface area (Å²) in [4.78, 5) is 13.0. The van der Waals surface area contributed by atoms with Gasteiger partial charge in [-0.05, 0) is 81.4 Å². The minimum atomic E-state index is -3.56. The van der Waals surface area contributed by atoms with Gasteiger partial charge in [0.15, 0.2) is 5.11 Å². The lowest BCUT2D eigenvalue weighted by atomic mass is 10.2. The second-order valence-corrected chi connectivity index (χ2v) is 10.9. The van der Waals surface area contributed by atoms with E-state index in [0.29, 0.717) is 30.1 Å². The molecule has 2 aromatic carbocycles. The van der Waals surface area contributed by atoms with E-state index in [1.807, 2.05) is 27.7 Å². The number of rotatable bonds is 10. The van der Waals surface area contributed by atoms with Crippen molar-refractivity contribution in [3.8, 4) is 5.75 Å². The van der Waals surface area contributed by atoms with Crippen LogP contribution in [0.5, 0.6) is 5.75 Å². The van der Waals surface area contributed by atoms with Crippen LogP contribution in [0.3, 0.4) is 0 Å². The number of anilines is 1. The molecule has 0 heterocycles. The maximum Gasteiger partial charge on any atom is 0.261 e. The molecule has 7 nitrogen and oxygen atoms in total. The minimum Gasteiger partial charge on any atom is -0.490 e. The highest BCUT2D eigenvalue weighted by Gasteiger charge is 2.23. The van der Waals surface area contributed by atoms with Crippen molar-refractivity contribution in [2.24, 2.45) is 0 Å². The number of halogens is 1. The van der Waals surface area contributed by atoms with E-state index in [-0.39, 0.29) is 16.1 Å². The van der Waals surface area contributed by atoms with E-state index in [1.54, 1.807) is 30.3 Å². The molecule has 2 rings (SSSR count). The van der Waals surface area contributed by atoms with Gasteiger partial charge in [-0.1, -0.05) is 29.8 Å². The number of benzene rings is 2. The smallest absolute Gasteiger partial charge is 0.261 e. The van der Waals surface area contributed by atoms with Crippen molar-refractivity contribution < 1.29 is 17.9 Å². The van der Waals surface area contributed by atoms with Crippen molar-refractivity contribution in [2.45, 2.75) is 51.5 Å². The van der Waals surface area contributed by atoms with Crippen LogP contribution in [-0.4, -0.2) is 42.9 Å². The van der Waals surface area contributed by atoms with E-state index in [9.17, 15) is 13.2 Å².